The van der Waals surface area contributed by atoms with Gasteiger partial charge in [-0.2, -0.15) is 4.31 Å². The van der Waals surface area contributed by atoms with Crippen LogP contribution in [0.15, 0.2) is 27.8 Å². The van der Waals surface area contributed by atoms with Crippen molar-refractivity contribution in [2.75, 3.05) is 39.9 Å². The molecule has 0 atom stereocenters. The second-order valence-corrected chi connectivity index (χ2v) is 7.41. The van der Waals surface area contributed by atoms with Gasteiger partial charge in [0.1, 0.15) is 11.5 Å². The number of nitrogens with zero attached hydrogens (tertiary/aromatic N) is 3. The molecule has 1 saturated heterocycles. The van der Waals surface area contributed by atoms with Crippen LogP contribution in [0, 0.1) is 0 Å². The number of amides is 1. The summed E-state index contributed by atoms with van der Waals surface area (Å²) in [5.41, 5.74) is 0. The first-order valence-electron chi connectivity index (χ1n) is 6.32. The summed E-state index contributed by atoms with van der Waals surface area (Å²) < 4.78 is 31.7. The highest BCUT2D eigenvalue weighted by Crippen LogP contribution is 2.20. The van der Waals surface area contributed by atoms with Crippen LogP contribution >= 0.6 is 15.9 Å². The van der Waals surface area contributed by atoms with Crippen LogP contribution in [0.2, 0.25) is 0 Å². The van der Waals surface area contributed by atoms with Crippen LogP contribution < -0.4 is 0 Å². The molecular formula is C12H16BrN3O4S. The van der Waals surface area contributed by atoms with Gasteiger partial charge in [-0.1, -0.05) is 0 Å². The topological polar surface area (TPSA) is 79.8 Å². The lowest BCUT2D eigenvalue weighted by atomic mass is 10.3. The van der Waals surface area contributed by atoms with E-state index in [0.717, 1.165) is 0 Å². The van der Waals surface area contributed by atoms with Crippen LogP contribution in [0.4, 0.5) is 0 Å². The van der Waals surface area contributed by atoms with Crippen LogP contribution in [0.1, 0.15) is 0 Å². The molecule has 0 N–H and O–H groups in total. The predicted molar refractivity (Wildman–Crippen MR) is 79.2 cm³/mol. The van der Waals surface area contributed by atoms with Gasteiger partial charge in [0, 0.05) is 50.2 Å². The van der Waals surface area contributed by atoms with Crippen molar-refractivity contribution in [3.63, 3.8) is 0 Å². The number of rotatable bonds is 4. The molecule has 21 heavy (non-hydrogen) atoms. The lowest BCUT2D eigenvalue weighted by Crippen LogP contribution is -2.51. The average molecular weight is 378 g/mol. The van der Waals surface area contributed by atoms with E-state index in [1.165, 1.54) is 29.9 Å². The monoisotopic (exact) mass is 377 g/mol. The summed E-state index contributed by atoms with van der Waals surface area (Å²) in [6, 6.07) is 1.52. The first-order valence-corrected chi connectivity index (χ1v) is 8.56. The average Bonchev–Trinajstić information content (AvgIpc) is 2.47. The van der Waals surface area contributed by atoms with Crippen molar-refractivity contribution < 1.29 is 17.9 Å². The molecule has 1 aromatic heterocycles. The molecule has 0 radical (unpaired) electrons. The molecular weight excluding hydrogens is 362 g/mol. The van der Waals surface area contributed by atoms with Gasteiger partial charge in [0.05, 0.1) is 0 Å². The van der Waals surface area contributed by atoms with Gasteiger partial charge >= 0.3 is 0 Å². The number of aromatic nitrogens is 1. The highest BCUT2D eigenvalue weighted by Gasteiger charge is 2.30. The molecule has 9 heteroatoms. The van der Waals surface area contributed by atoms with E-state index >= 15 is 0 Å². The number of sulfonamides is 1. The maximum atomic E-state index is 12.5. The van der Waals surface area contributed by atoms with E-state index in [1.54, 1.807) is 4.90 Å². The van der Waals surface area contributed by atoms with E-state index in [9.17, 15) is 13.2 Å². The molecule has 1 fully saturated rings. The molecule has 0 spiro atoms. The normalized spacial score (nSPS) is 17.0. The molecule has 1 aromatic rings. The molecule has 0 unspecified atom stereocenters. The molecule has 1 aliphatic heterocycles. The SMILES string of the molecule is COCC(=O)N1CCN(S(=O)(=O)c2cncc(Br)c2)CC1. The zero-order valence-corrected chi connectivity index (χ0v) is 13.9. The van der Waals surface area contributed by atoms with Crippen LogP contribution in [-0.4, -0.2) is 68.4 Å². The number of carbonyl (C=O) groups is 1. The molecule has 0 aromatic carbocycles. The van der Waals surface area contributed by atoms with Gasteiger partial charge in [0.25, 0.3) is 0 Å². The number of piperazine rings is 1. The molecule has 7 nitrogen and oxygen atoms in total. The fraction of sp³-hybridized carbons (Fsp3) is 0.500. The van der Waals surface area contributed by atoms with Crippen molar-refractivity contribution >= 4 is 31.9 Å². The molecule has 116 valence electrons. The first-order chi connectivity index (χ1) is 9.95. The first kappa shape index (κ1) is 16.3. The zero-order valence-electron chi connectivity index (χ0n) is 11.5. The largest absolute Gasteiger partial charge is 0.375 e. The fourth-order valence-corrected chi connectivity index (χ4v) is 4.00. The maximum Gasteiger partial charge on any atom is 0.248 e. The van der Waals surface area contributed by atoms with Gasteiger partial charge in [-0.3, -0.25) is 9.78 Å². The Morgan fingerprint density at radius 1 is 1.33 bits per heavy atom. The second kappa shape index (κ2) is 6.82. The minimum atomic E-state index is -3.57. The van der Waals surface area contributed by atoms with E-state index in [2.05, 4.69) is 20.9 Å². The molecule has 2 rings (SSSR count). The van der Waals surface area contributed by atoms with E-state index in [4.69, 9.17) is 4.74 Å². The van der Waals surface area contributed by atoms with Gasteiger partial charge < -0.3 is 9.64 Å². The molecule has 0 saturated carbocycles. The van der Waals surface area contributed by atoms with Crippen molar-refractivity contribution in [3.05, 3.63) is 22.9 Å². The lowest BCUT2D eigenvalue weighted by molar-refractivity contribution is -0.136. The minimum Gasteiger partial charge on any atom is -0.375 e. The summed E-state index contributed by atoms with van der Waals surface area (Å²) in [6.45, 7) is 1.28. The summed E-state index contributed by atoms with van der Waals surface area (Å²) in [7, 11) is -2.12. The lowest BCUT2D eigenvalue weighted by Gasteiger charge is -2.33. The third-order valence-electron chi connectivity index (χ3n) is 3.18. The second-order valence-electron chi connectivity index (χ2n) is 4.56. The minimum absolute atomic E-state index is 0.0162. The Labute approximate surface area is 132 Å². The van der Waals surface area contributed by atoms with Gasteiger partial charge in [-0.25, -0.2) is 8.42 Å². The highest BCUT2D eigenvalue weighted by atomic mass is 79.9. The summed E-state index contributed by atoms with van der Waals surface area (Å²) in [4.78, 5) is 17.3. The van der Waals surface area contributed by atoms with Gasteiger partial charge in [-0.05, 0) is 22.0 Å². The Bertz CT molecular complexity index is 615. The number of halogens is 1. The molecule has 1 aliphatic rings. The van der Waals surface area contributed by atoms with E-state index < -0.39 is 10.0 Å². The predicted octanol–water partition coefficient (Wildman–Crippen LogP) is 0.323. The number of pyridine rings is 1. The van der Waals surface area contributed by atoms with Crippen LogP contribution in [0.25, 0.3) is 0 Å². The molecule has 2 heterocycles. The fourth-order valence-electron chi connectivity index (χ4n) is 2.08. The molecule has 1 amide bonds. The van der Waals surface area contributed by atoms with Crippen molar-refractivity contribution in [1.29, 1.82) is 0 Å². The Balaban J connectivity index is 2.06. The number of hydrogen-bond acceptors (Lipinski definition) is 5. The highest BCUT2D eigenvalue weighted by molar-refractivity contribution is 9.10. The third-order valence-corrected chi connectivity index (χ3v) is 5.47. The van der Waals surface area contributed by atoms with E-state index in [0.29, 0.717) is 17.6 Å². The van der Waals surface area contributed by atoms with Gasteiger partial charge in [-0.15, -0.1) is 0 Å². The van der Waals surface area contributed by atoms with Gasteiger partial charge in [0.15, 0.2) is 0 Å². The number of carbonyl (C=O) groups excluding carboxylic acids is 1. The van der Waals surface area contributed by atoms with Crippen molar-refractivity contribution in [1.82, 2.24) is 14.2 Å². The molecule has 0 bridgehead atoms. The van der Waals surface area contributed by atoms with Gasteiger partial charge in [0.2, 0.25) is 15.9 Å². The quantitative estimate of drug-likeness (QED) is 0.754. The van der Waals surface area contributed by atoms with Crippen LogP contribution in [0.3, 0.4) is 0 Å². The standard InChI is InChI=1S/C12H16BrN3O4S/c1-20-9-12(17)15-2-4-16(5-3-15)21(18,19)11-6-10(13)7-14-8-11/h6-8H,2-5,9H2,1H3. The summed E-state index contributed by atoms with van der Waals surface area (Å²) in [5, 5.41) is 0. The number of ether oxygens (including phenoxy) is 1. The Kier molecular flexibility index (Phi) is 5.31. The number of methoxy groups -OCH3 is 1. The number of hydrogen-bond donors (Lipinski definition) is 0. The summed E-state index contributed by atoms with van der Waals surface area (Å²) in [6.07, 6.45) is 2.85. The summed E-state index contributed by atoms with van der Waals surface area (Å²) in [5.74, 6) is -0.126. The Hall–Kier alpha value is -1.03. The van der Waals surface area contributed by atoms with Crippen LogP contribution in [0.5, 0.6) is 0 Å². The Morgan fingerprint density at radius 2 is 2.00 bits per heavy atom. The third kappa shape index (κ3) is 3.79. The Morgan fingerprint density at radius 3 is 2.57 bits per heavy atom. The maximum absolute atomic E-state index is 12.5. The van der Waals surface area contributed by atoms with E-state index in [-0.39, 0.29) is 30.5 Å². The van der Waals surface area contributed by atoms with Crippen LogP contribution in [-0.2, 0) is 19.6 Å². The van der Waals surface area contributed by atoms with Crippen molar-refractivity contribution in [3.8, 4) is 0 Å². The van der Waals surface area contributed by atoms with Crippen molar-refractivity contribution in [2.24, 2.45) is 0 Å². The summed E-state index contributed by atoms with van der Waals surface area (Å²) >= 11 is 3.21. The molecule has 0 aliphatic carbocycles. The zero-order chi connectivity index (χ0) is 15.5. The van der Waals surface area contributed by atoms with E-state index in [1.807, 2.05) is 0 Å². The van der Waals surface area contributed by atoms with Crippen molar-refractivity contribution in [2.45, 2.75) is 4.90 Å². The smallest absolute Gasteiger partial charge is 0.248 e.